The van der Waals surface area contributed by atoms with Gasteiger partial charge in [0.15, 0.2) is 0 Å². The Bertz CT molecular complexity index is 223. The molecule has 0 amide bonds. The normalized spacial score (nSPS) is 28.8. The van der Waals surface area contributed by atoms with Crippen molar-refractivity contribution in [2.75, 3.05) is 46.9 Å². The van der Waals surface area contributed by atoms with E-state index in [2.05, 4.69) is 31.1 Å². The van der Waals surface area contributed by atoms with Gasteiger partial charge in [0, 0.05) is 26.7 Å². The topological polar surface area (TPSA) is 24.5 Å². The minimum absolute atomic E-state index is 0.482. The summed E-state index contributed by atoms with van der Waals surface area (Å²) in [5.74, 6) is 0.883. The van der Waals surface area contributed by atoms with E-state index in [4.69, 9.17) is 4.74 Å². The van der Waals surface area contributed by atoms with Crippen LogP contribution in [0.25, 0.3) is 0 Å². The van der Waals surface area contributed by atoms with Gasteiger partial charge in [-0.2, -0.15) is 0 Å². The van der Waals surface area contributed by atoms with Crippen LogP contribution in [0.1, 0.15) is 39.5 Å². The number of hydrogen-bond acceptors (Lipinski definition) is 3. The van der Waals surface area contributed by atoms with Gasteiger partial charge in [-0.3, -0.25) is 0 Å². The fraction of sp³-hybridized carbons (Fsp3) is 1.00. The molecule has 3 nitrogen and oxygen atoms in total. The molecule has 18 heavy (non-hydrogen) atoms. The van der Waals surface area contributed by atoms with Crippen molar-refractivity contribution in [1.29, 1.82) is 0 Å². The molecule has 0 bridgehead atoms. The van der Waals surface area contributed by atoms with Crippen LogP contribution in [-0.2, 0) is 4.74 Å². The Balaban J connectivity index is 2.50. The summed E-state index contributed by atoms with van der Waals surface area (Å²) in [4.78, 5) is 2.47. The Kier molecular flexibility index (Phi) is 7.20. The number of rotatable bonds is 8. The molecular formula is C15H32N2O. The standard InChI is InChI=1S/C15H32N2O/c1-5-17(3)13-15(12-16-9-10-18-4)8-6-7-14(2)11-15/h14,16H,5-13H2,1-4H3. The molecule has 2 atom stereocenters. The van der Waals surface area contributed by atoms with Gasteiger partial charge in [0.05, 0.1) is 6.61 Å². The van der Waals surface area contributed by atoms with Crippen molar-refractivity contribution in [3.05, 3.63) is 0 Å². The Hall–Kier alpha value is -0.120. The predicted octanol–water partition coefficient (Wildman–Crippen LogP) is 2.37. The zero-order chi connectivity index (χ0) is 13.4. The molecule has 0 aromatic rings. The van der Waals surface area contributed by atoms with Crippen molar-refractivity contribution in [3.63, 3.8) is 0 Å². The van der Waals surface area contributed by atoms with Gasteiger partial charge in [-0.25, -0.2) is 0 Å². The summed E-state index contributed by atoms with van der Waals surface area (Å²) in [6.07, 6.45) is 5.55. The second-order valence-corrected chi connectivity index (χ2v) is 6.20. The summed E-state index contributed by atoms with van der Waals surface area (Å²) in [5.41, 5.74) is 0.482. The van der Waals surface area contributed by atoms with Crippen molar-refractivity contribution in [1.82, 2.24) is 10.2 Å². The van der Waals surface area contributed by atoms with E-state index in [1.54, 1.807) is 7.11 Å². The molecule has 2 unspecified atom stereocenters. The number of methoxy groups -OCH3 is 1. The van der Waals surface area contributed by atoms with Crippen molar-refractivity contribution in [2.45, 2.75) is 39.5 Å². The summed E-state index contributed by atoms with van der Waals surface area (Å²) in [6, 6.07) is 0. The molecule has 1 aliphatic rings. The summed E-state index contributed by atoms with van der Waals surface area (Å²) in [6.45, 7) is 9.97. The minimum atomic E-state index is 0.482. The van der Waals surface area contributed by atoms with Gasteiger partial charge in [0.2, 0.25) is 0 Å². The summed E-state index contributed by atoms with van der Waals surface area (Å²) < 4.78 is 5.11. The molecular weight excluding hydrogens is 224 g/mol. The molecule has 1 saturated carbocycles. The van der Waals surface area contributed by atoms with Gasteiger partial charge < -0.3 is 15.0 Å². The van der Waals surface area contributed by atoms with Gasteiger partial charge >= 0.3 is 0 Å². The van der Waals surface area contributed by atoms with E-state index < -0.39 is 0 Å². The average molecular weight is 256 g/mol. The predicted molar refractivity (Wildman–Crippen MR) is 78.0 cm³/mol. The molecule has 1 fully saturated rings. The van der Waals surface area contributed by atoms with E-state index in [0.717, 1.165) is 32.2 Å². The fourth-order valence-electron chi connectivity index (χ4n) is 3.34. The van der Waals surface area contributed by atoms with E-state index in [9.17, 15) is 0 Å². The smallest absolute Gasteiger partial charge is 0.0587 e. The fourth-order valence-corrected chi connectivity index (χ4v) is 3.34. The largest absolute Gasteiger partial charge is 0.383 e. The van der Waals surface area contributed by atoms with Crippen molar-refractivity contribution >= 4 is 0 Å². The highest BCUT2D eigenvalue weighted by atomic mass is 16.5. The van der Waals surface area contributed by atoms with Gasteiger partial charge in [-0.15, -0.1) is 0 Å². The second-order valence-electron chi connectivity index (χ2n) is 6.20. The summed E-state index contributed by atoms with van der Waals surface area (Å²) in [7, 11) is 4.02. The van der Waals surface area contributed by atoms with Crippen LogP contribution in [0.15, 0.2) is 0 Å². The Morgan fingerprint density at radius 3 is 2.83 bits per heavy atom. The first-order chi connectivity index (χ1) is 8.62. The molecule has 1 N–H and O–H groups in total. The first-order valence-corrected chi connectivity index (χ1v) is 7.50. The zero-order valence-electron chi connectivity index (χ0n) is 12.8. The lowest BCUT2D eigenvalue weighted by Gasteiger charge is -2.42. The van der Waals surface area contributed by atoms with Gasteiger partial charge in [0.1, 0.15) is 0 Å². The second kappa shape index (κ2) is 8.13. The van der Waals surface area contributed by atoms with E-state index in [1.165, 1.54) is 32.2 Å². The van der Waals surface area contributed by atoms with Crippen LogP contribution in [0.2, 0.25) is 0 Å². The monoisotopic (exact) mass is 256 g/mol. The molecule has 1 rings (SSSR count). The minimum Gasteiger partial charge on any atom is -0.383 e. The third-order valence-corrected chi connectivity index (χ3v) is 4.31. The molecule has 1 aliphatic carbocycles. The van der Waals surface area contributed by atoms with E-state index in [-0.39, 0.29) is 0 Å². The molecule has 0 aromatic carbocycles. The maximum absolute atomic E-state index is 5.11. The molecule has 0 spiro atoms. The Labute approximate surface area is 113 Å². The van der Waals surface area contributed by atoms with Crippen LogP contribution in [0.5, 0.6) is 0 Å². The highest BCUT2D eigenvalue weighted by molar-refractivity contribution is 4.89. The first kappa shape index (κ1) is 15.9. The Morgan fingerprint density at radius 2 is 2.22 bits per heavy atom. The van der Waals surface area contributed by atoms with E-state index >= 15 is 0 Å². The number of nitrogens with zero attached hydrogens (tertiary/aromatic N) is 1. The van der Waals surface area contributed by atoms with Crippen LogP contribution < -0.4 is 5.32 Å². The van der Waals surface area contributed by atoms with Crippen LogP contribution in [-0.4, -0.2) is 51.8 Å². The van der Waals surface area contributed by atoms with Crippen LogP contribution in [0.4, 0.5) is 0 Å². The van der Waals surface area contributed by atoms with E-state index in [0.29, 0.717) is 5.41 Å². The van der Waals surface area contributed by atoms with Gasteiger partial charge in [-0.1, -0.05) is 26.7 Å². The van der Waals surface area contributed by atoms with E-state index in [1.807, 2.05) is 0 Å². The molecule has 0 heterocycles. The van der Waals surface area contributed by atoms with Crippen molar-refractivity contribution < 1.29 is 4.74 Å². The van der Waals surface area contributed by atoms with Crippen LogP contribution >= 0.6 is 0 Å². The lowest BCUT2D eigenvalue weighted by Crippen LogP contribution is -2.46. The third kappa shape index (κ3) is 5.25. The molecule has 0 aromatic heterocycles. The summed E-state index contributed by atoms with van der Waals surface area (Å²) in [5, 5.41) is 3.60. The molecule has 0 saturated heterocycles. The van der Waals surface area contributed by atoms with Gasteiger partial charge in [-0.05, 0) is 37.8 Å². The number of nitrogens with one attached hydrogen (secondary N) is 1. The zero-order valence-corrected chi connectivity index (χ0v) is 12.8. The number of hydrogen-bond donors (Lipinski definition) is 1. The van der Waals surface area contributed by atoms with Crippen molar-refractivity contribution in [2.24, 2.45) is 11.3 Å². The third-order valence-electron chi connectivity index (χ3n) is 4.31. The average Bonchev–Trinajstić information content (AvgIpc) is 2.34. The maximum Gasteiger partial charge on any atom is 0.0587 e. The first-order valence-electron chi connectivity index (χ1n) is 7.50. The highest BCUT2D eigenvalue weighted by Crippen LogP contribution is 2.39. The van der Waals surface area contributed by atoms with Gasteiger partial charge in [0.25, 0.3) is 0 Å². The SMILES string of the molecule is CCN(C)CC1(CNCCOC)CCCC(C)C1. The molecule has 108 valence electrons. The lowest BCUT2D eigenvalue weighted by atomic mass is 9.69. The van der Waals surface area contributed by atoms with Crippen molar-refractivity contribution in [3.8, 4) is 0 Å². The highest BCUT2D eigenvalue weighted by Gasteiger charge is 2.35. The quantitative estimate of drug-likeness (QED) is 0.675. The lowest BCUT2D eigenvalue weighted by molar-refractivity contribution is 0.0910. The van der Waals surface area contributed by atoms with Crippen LogP contribution in [0.3, 0.4) is 0 Å². The maximum atomic E-state index is 5.11. The molecule has 0 radical (unpaired) electrons. The van der Waals surface area contributed by atoms with Crippen LogP contribution in [0, 0.1) is 11.3 Å². The summed E-state index contributed by atoms with van der Waals surface area (Å²) >= 11 is 0. The Morgan fingerprint density at radius 1 is 1.44 bits per heavy atom. The molecule has 3 heteroatoms. The molecule has 0 aliphatic heterocycles. The number of ether oxygens (including phenoxy) is 1.